The number of nitrogens with two attached hydrogens (primary N) is 1. The molecule has 10 nitrogen and oxygen atoms in total. The summed E-state index contributed by atoms with van der Waals surface area (Å²) in [5.41, 5.74) is 8.51. The number of likely N-dealkylation sites (tertiary alicyclic amines) is 1. The van der Waals surface area contributed by atoms with E-state index in [4.69, 9.17) is 22.1 Å². The normalized spacial score (nSPS) is 20.4. The highest BCUT2D eigenvalue weighted by atomic mass is 35.5. The van der Waals surface area contributed by atoms with Gasteiger partial charge in [0.2, 0.25) is 21.8 Å². The average molecular weight is 620 g/mol. The van der Waals surface area contributed by atoms with Gasteiger partial charge in [-0.05, 0) is 73.5 Å². The van der Waals surface area contributed by atoms with Gasteiger partial charge in [-0.3, -0.25) is 9.59 Å². The number of benzene rings is 2. The van der Waals surface area contributed by atoms with E-state index in [0.29, 0.717) is 43.5 Å². The SMILES string of the molecule is CS(=O)(=O)N[C@H](CCC1CCNCC1)C(=O)N1C[C@H](OCc2ccc(Cl)cc2)C[C@H]1C(=O)NCc1ccc(CN)cc1. The number of hydrogen-bond donors (Lipinski definition) is 4. The predicted molar refractivity (Wildman–Crippen MR) is 163 cm³/mol. The van der Waals surface area contributed by atoms with E-state index in [1.54, 1.807) is 12.1 Å². The molecule has 2 aliphatic rings. The molecule has 2 amide bonds. The molecule has 230 valence electrons. The molecule has 0 aliphatic carbocycles. The zero-order valence-corrected chi connectivity index (χ0v) is 25.6. The topological polar surface area (TPSA) is 143 Å². The van der Waals surface area contributed by atoms with E-state index in [-0.39, 0.29) is 12.5 Å². The fourth-order valence-electron chi connectivity index (χ4n) is 5.57. The number of nitrogens with one attached hydrogen (secondary N) is 3. The third kappa shape index (κ3) is 9.75. The van der Waals surface area contributed by atoms with Crippen LogP contribution < -0.4 is 21.1 Å². The Kier molecular flexibility index (Phi) is 11.8. The van der Waals surface area contributed by atoms with Crippen molar-refractivity contribution in [3.05, 3.63) is 70.2 Å². The summed E-state index contributed by atoms with van der Waals surface area (Å²) < 4.78 is 33.2. The Balaban J connectivity index is 1.47. The van der Waals surface area contributed by atoms with E-state index >= 15 is 0 Å². The zero-order valence-electron chi connectivity index (χ0n) is 24.1. The number of carbonyl (C=O) groups is 2. The first-order valence-corrected chi connectivity index (χ1v) is 16.8. The van der Waals surface area contributed by atoms with Gasteiger partial charge in [-0.2, -0.15) is 0 Å². The second-order valence-corrected chi connectivity index (χ2v) is 13.5. The van der Waals surface area contributed by atoms with Gasteiger partial charge in [-0.1, -0.05) is 48.0 Å². The minimum absolute atomic E-state index is 0.186. The molecule has 2 saturated heterocycles. The number of nitrogens with zero attached hydrogens (tertiary/aromatic N) is 1. The summed E-state index contributed by atoms with van der Waals surface area (Å²) in [6, 6.07) is 13.2. The third-order valence-electron chi connectivity index (χ3n) is 7.95. The highest BCUT2D eigenvalue weighted by Crippen LogP contribution is 2.26. The number of piperidine rings is 1. The van der Waals surface area contributed by atoms with E-state index in [2.05, 4.69) is 15.4 Å². The molecule has 5 N–H and O–H groups in total. The van der Waals surface area contributed by atoms with Crippen molar-refractivity contribution < 1.29 is 22.7 Å². The molecule has 2 aliphatic heterocycles. The van der Waals surface area contributed by atoms with Gasteiger partial charge < -0.3 is 26.0 Å². The highest BCUT2D eigenvalue weighted by molar-refractivity contribution is 7.88. The average Bonchev–Trinajstić information content (AvgIpc) is 3.42. The first kappa shape index (κ1) is 32.4. The lowest BCUT2D eigenvalue weighted by atomic mass is 9.91. The van der Waals surface area contributed by atoms with Crippen molar-refractivity contribution in [3.63, 3.8) is 0 Å². The maximum Gasteiger partial charge on any atom is 0.243 e. The molecule has 0 radical (unpaired) electrons. The summed E-state index contributed by atoms with van der Waals surface area (Å²) >= 11 is 6.00. The number of hydrogen-bond acceptors (Lipinski definition) is 7. The molecule has 2 heterocycles. The smallest absolute Gasteiger partial charge is 0.243 e. The molecule has 3 atom stereocenters. The zero-order chi connectivity index (χ0) is 30.1. The Hall–Kier alpha value is -2.54. The monoisotopic (exact) mass is 619 g/mol. The number of halogens is 1. The van der Waals surface area contributed by atoms with Crippen molar-refractivity contribution >= 4 is 33.4 Å². The number of sulfonamides is 1. The van der Waals surface area contributed by atoms with Crippen molar-refractivity contribution in [2.24, 2.45) is 11.7 Å². The van der Waals surface area contributed by atoms with Crippen LogP contribution >= 0.6 is 11.6 Å². The fourth-order valence-corrected chi connectivity index (χ4v) is 6.43. The van der Waals surface area contributed by atoms with Crippen molar-refractivity contribution in [1.29, 1.82) is 0 Å². The minimum atomic E-state index is -3.67. The molecule has 2 aromatic carbocycles. The molecule has 2 aromatic rings. The standard InChI is InChI=1S/C30H42ClN5O5S/c1-42(39,40)35-27(11-8-21-12-14-33-15-13-21)30(38)36-19-26(41-20-24-6-9-25(31)10-7-24)16-28(36)29(37)34-18-23-4-2-22(17-32)3-5-23/h2-7,9-10,21,26-28,33,35H,8,11-20,32H2,1H3,(H,34,37)/t26-,27-,28+/m1/s1. The van der Waals surface area contributed by atoms with E-state index in [1.807, 2.05) is 36.4 Å². The molecule has 0 spiro atoms. The second kappa shape index (κ2) is 15.3. The quantitative estimate of drug-likeness (QED) is 0.269. The predicted octanol–water partition coefficient (Wildman–Crippen LogP) is 2.30. The Morgan fingerprint density at radius 3 is 2.36 bits per heavy atom. The van der Waals surface area contributed by atoms with E-state index in [1.165, 1.54) is 4.90 Å². The maximum atomic E-state index is 13.9. The summed E-state index contributed by atoms with van der Waals surface area (Å²) in [4.78, 5) is 28.9. The van der Waals surface area contributed by atoms with Gasteiger partial charge in [-0.25, -0.2) is 13.1 Å². The van der Waals surface area contributed by atoms with Crippen molar-refractivity contribution in [3.8, 4) is 0 Å². The molecule has 0 saturated carbocycles. The van der Waals surface area contributed by atoms with Crippen LogP contribution in [0.1, 0.15) is 48.8 Å². The molecule has 2 fully saturated rings. The number of carbonyl (C=O) groups excluding carboxylic acids is 2. The largest absolute Gasteiger partial charge is 0.372 e. The van der Waals surface area contributed by atoms with Gasteiger partial charge in [0.05, 0.1) is 19.0 Å². The molecule has 4 rings (SSSR count). The Bertz CT molecular complexity index is 1290. The molecule has 0 unspecified atom stereocenters. The lowest BCUT2D eigenvalue weighted by Crippen LogP contribution is -2.53. The van der Waals surface area contributed by atoms with Crippen LogP contribution in [-0.4, -0.2) is 69.2 Å². The van der Waals surface area contributed by atoms with E-state index in [0.717, 1.165) is 55.3 Å². The van der Waals surface area contributed by atoms with Crippen LogP contribution in [0.15, 0.2) is 48.5 Å². The van der Waals surface area contributed by atoms with Gasteiger partial charge in [0, 0.05) is 31.1 Å². The van der Waals surface area contributed by atoms with E-state index < -0.39 is 34.1 Å². The molecule has 12 heteroatoms. The second-order valence-electron chi connectivity index (χ2n) is 11.3. The summed E-state index contributed by atoms with van der Waals surface area (Å²) in [6.07, 6.45) is 4.03. The van der Waals surface area contributed by atoms with Crippen molar-refractivity contribution in [1.82, 2.24) is 20.3 Å². The van der Waals surface area contributed by atoms with Crippen LogP contribution in [0.4, 0.5) is 0 Å². The number of ether oxygens (including phenoxy) is 1. The van der Waals surface area contributed by atoms with Gasteiger partial charge in [0.15, 0.2) is 0 Å². The molecule has 0 bridgehead atoms. The van der Waals surface area contributed by atoms with Crippen molar-refractivity contribution in [2.45, 2.75) is 70.0 Å². The third-order valence-corrected chi connectivity index (χ3v) is 8.91. The lowest BCUT2D eigenvalue weighted by molar-refractivity contribution is -0.140. The lowest BCUT2D eigenvalue weighted by Gasteiger charge is -2.30. The summed E-state index contributed by atoms with van der Waals surface area (Å²) in [5, 5.41) is 6.91. The van der Waals surface area contributed by atoms with Crippen LogP contribution in [0.3, 0.4) is 0 Å². The van der Waals surface area contributed by atoms with E-state index in [9.17, 15) is 18.0 Å². The first-order valence-electron chi connectivity index (χ1n) is 14.5. The van der Waals surface area contributed by atoms with Crippen LogP contribution in [0.5, 0.6) is 0 Å². The summed E-state index contributed by atoms with van der Waals surface area (Å²) in [6.45, 7) is 3.04. The number of amides is 2. The van der Waals surface area contributed by atoms with Gasteiger partial charge in [-0.15, -0.1) is 0 Å². The van der Waals surface area contributed by atoms with Gasteiger partial charge >= 0.3 is 0 Å². The molecular weight excluding hydrogens is 578 g/mol. The highest BCUT2D eigenvalue weighted by Gasteiger charge is 2.42. The Labute approximate surface area is 253 Å². The van der Waals surface area contributed by atoms with Gasteiger partial charge in [0.25, 0.3) is 0 Å². The van der Waals surface area contributed by atoms with Crippen LogP contribution in [0.2, 0.25) is 5.02 Å². The first-order chi connectivity index (χ1) is 20.1. The van der Waals surface area contributed by atoms with Crippen LogP contribution in [0.25, 0.3) is 0 Å². The summed E-state index contributed by atoms with van der Waals surface area (Å²) in [7, 11) is -3.67. The number of rotatable bonds is 13. The minimum Gasteiger partial charge on any atom is -0.372 e. The van der Waals surface area contributed by atoms with Crippen LogP contribution in [-0.2, 0) is 44.0 Å². The Morgan fingerprint density at radius 2 is 1.71 bits per heavy atom. The fraction of sp³-hybridized carbons (Fsp3) is 0.533. The Morgan fingerprint density at radius 1 is 1.07 bits per heavy atom. The molecule has 42 heavy (non-hydrogen) atoms. The van der Waals surface area contributed by atoms with Gasteiger partial charge in [0.1, 0.15) is 12.1 Å². The molecular formula is C30H42ClN5O5S. The summed E-state index contributed by atoms with van der Waals surface area (Å²) in [5.74, 6) is -0.290. The van der Waals surface area contributed by atoms with Crippen LogP contribution in [0, 0.1) is 5.92 Å². The maximum absolute atomic E-state index is 13.9. The molecule has 0 aromatic heterocycles. The van der Waals surface area contributed by atoms with Crippen molar-refractivity contribution in [2.75, 3.05) is 25.9 Å².